The van der Waals surface area contributed by atoms with E-state index in [-0.39, 0.29) is 6.17 Å². The highest BCUT2D eigenvalue weighted by Crippen LogP contribution is 2.24. The first kappa shape index (κ1) is 10.3. The van der Waals surface area contributed by atoms with E-state index >= 15 is 0 Å². The van der Waals surface area contributed by atoms with Crippen molar-refractivity contribution in [2.45, 2.75) is 39.8 Å². The first-order valence-electron chi connectivity index (χ1n) is 5.61. The van der Waals surface area contributed by atoms with E-state index in [0.29, 0.717) is 5.92 Å². The monoisotopic (exact) mass is 209 g/mol. The van der Waals surface area contributed by atoms with E-state index < -0.39 is 0 Å². The van der Waals surface area contributed by atoms with Crippen LogP contribution in [0.5, 0.6) is 0 Å². The van der Waals surface area contributed by atoms with Gasteiger partial charge in [-0.1, -0.05) is 27.2 Å². The summed E-state index contributed by atoms with van der Waals surface area (Å²) in [7, 11) is 0. The fourth-order valence-corrected chi connectivity index (χ4v) is 1.64. The van der Waals surface area contributed by atoms with Crippen molar-refractivity contribution in [2.24, 2.45) is 5.92 Å². The van der Waals surface area contributed by atoms with Crippen molar-refractivity contribution < 1.29 is 0 Å². The molecule has 15 heavy (non-hydrogen) atoms. The molecule has 1 aliphatic heterocycles. The molecule has 0 bridgehead atoms. The highest BCUT2D eigenvalue weighted by molar-refractivity contribution is 5.62. The SMILES string of the molecule is CCc1nc2c([nH]1)NNC(C(C)CC)N2. The minimum atomic E-state index is 0.246. The maximum atomic E-state index is 4.47. The fraction of sp³-hybridized carbons (Fsp3) is 0.700. The number of aromatic nitrogens is 2. The molecular formula is C10H19N5. The summed E-state index contributed by atoms with van der Waals surface area (Å²) in [6.45, 7) is 6.49. The number of fused-ring (bicyclic) bond motifs is 1. The zero-order valence-electron chi connectivity index (χ0n) is 9.52. The number of aryl methyl sites for hydroxylation is 1. The third-order valence-electron chi connectivity index (χ3n) is 2.95. The van der Waals surface area contributed by atoms with Crippen LogP contribution in [0.1, 0.15) is 33.0 Å². The average Bonchev–Trinajstić information content (AvgIpc) is 2.69. The molecule has 84 valence electrons. The lowest BCUT2D eigenvalue weighted by atomic mass is 10.1. The van der Waals surface area contributed by atoms with Crippen LogP contribution in [-0.4, -0.2) is 16.1 Å². The molecule has 2 rings (SSSR count). The van der Waals surface area contributed by atoms with E-state index in [1.54, 1.807) is 0 Å². The Morgan fingerprint density at radius 2 is 2.20 bits per heavy atom. The van der Waals surface area contributed by atoms with E-state index in [4.69, 9.17) is 0 Å². The molecule has 2 unspecified atom stereocenters. The average molecular weight is 209 g/mol. The molecule has 0 aliphatic carbocycles. The third-order valence-corrected chi connectivity index (χ3v) is 2.95. The van der Waals surface area contributed by atoms with E-state index in [0.717, 1.165) is 30.3 Å². The minimum absolute atomic E-state index is 0.246. The molecule has 4 N–H and O–H groups in total. The molecule has 1 aliphatic rings. The lowest BCUT2D eigenvalue weighted by Crippen LogP contribution is -2.47. The number of nitrogens with one attached hydrogen (secondary N) is 4. The summed E-state index contributed by atoms with van der Waals surface area (Å²) in [5.41, 5.74) is 6.38. The highest BCUT2D eigenvalue weighted by atomic mass is 15.5. The Kier molecular flexibility index (Phi) is 2.81. The van der Waals surface area contributed by atoms with Gasteiger partial charge >= 0.3 is 0 Å². The molecule has 0 radical (unpaired) electrons. The van der Waals surface area contributed by atoms with Crippen molar-refractivity contribution >= 4 is 11.6 Å². The van der Waals surface area contributed by atoms with Gasteiger partial charge < -0.3 is 15.7 Å². The van der Waals surface area contributed by atoms with Gasteiger partial charge in [-0.15, -0.1) is 0 Å². The van der Waals surface area contributed by atoms with Crippen LogP contribution in [0.3, 0.4) is 0 Å². The molecule has 1 aromatic heterocycles. The van der Waals surface area contributed by atoms with Crippen LogP contribution in [0.4, 0.5) is 11.6 Å². The number of aromatic amines is 1. The van der Waals surface area contributed by atoms with Crippen molar-refractivity contribution in [3.8, 4) is 0 Å². The number of imidazole rings is 1. The molecule has 1 aromatic rings. The molecule has 2 heterocycles. The van der Waals surface area contributed by atoms with Gasteiger partial charge in [0.25, 0.3) is 0 Å². The number of hydrogen-bond acceptors (Lipinski definition) is 4. The van der Waals surface area contributed by atoms with E-state index in [1.165, 1.54) is 0 Å². The van der Waals surface area contributed by atoms with Crippen LogP contribution in [-0.2, 0) is 6.42 Å². The predicted octanol–water partition coefficient (Wildman–Crippen LogP) is 1.69. The second-order valence-corrected chi connectivity index (χ2v) is 4.04. The second kappa shape index (κ2) is 4.10. The largest absolute Gasteiger partial charge is 0.350 e. The van der Waals surface area contributed by atoms with Gasteiger partial charge in [-0.25, -0.2) is 10.4 Å². The molecule has 0 saturated heterocycles. The Balaban J connectivity index is 2.12. The topological polar surface area (TPSA) is 64.8 Å². The molecule has 0 aromatic carbocycles. The van der Waals surface area contributed by atoms with Gasteiger partial charge in [0.2, 0.25) is 0 Å². The summed E-state index contributed by atoms with van der Waals surface area (Å²) in [5, 5.41) is 3.39. The van der Waals surface area contributed by atoms with Crippen molar-refractivity contribution in [2.75, 3.05) is 10.7 Å². The normalized spacial score (nSPS) is 21.4. The van der Waals surface area contributed by atoms with E-state index in [2.05, 4.69) is 46.9 Å². The molecule has 0 saturated carbocycles. The van der Waals surface area contributed by atoms with E-state index in [1.807, 2.05) is 0 Å². The van der Waals surface area contributed by atoms with Crippen LogP contribution in [0.2, 0.25) is 0 Å². The van der Waals surface area contributed by atoms with Crippen LogP contribution in [0.25, 0.3) is 0 Å². The third kappa shape index (κ3) is 1.92. The number of hydrazine groups is 1. The molecule has 0 fully saturated rings. The van der Waals surface area contributed by atoms with Gasteiger partial charge in [-0.05, 0) is 5.92 Å². The summed E-state index contributed by atoms with van der Waals surface area (Å²) in [4.78, 5) is 7.68. The highest BCUT2D eigenvalue weighted by Gasteiger charge is 2.23. The van der Waals surface area contributed by atoms with Crippen LogP contribution in [0.15, 0.2) is 0 Å². The predicted molar refractivity (Wildman–Crippen MR) is 61.6 cm³/mol. The van der Waals surface area contributed by atoms with Gasteiger partial charge in [-0.2, -0.15) is 0 Å². The van der Waals surface area contributed by atoms with Crippen LogP contribution < -0.4 is 16.2 Å². The fourth-order valence-electron chi connectivity index (χ4n) is 1.64. The quantitative estimate of drug-likeness (QED) is 0.611. The molecule has 0 spiro atoms. The number of H-pyrrole nitrogens is 1. The Labute approximate surface area is 90.0 Å². The summed E-state index contributed by atoms with van der Waals surface area (Å²) >= 11 is 0. The van der Waals surface area contributed by atoms with Gasteiger partial charge in [0, 0.05) is 6.42 Å². The van der Waals surface area contributed by atoms with Crippen molar-refractivity contribution in [3.05, 3.63) is 5.82 Å². The van der Waals surface area contributed by atoms with E-state index in [9.17, 15) is 0 Å². The van der Waals surface area contributed by atoms with Gasteiger partial charge in [0.1, 0.15) is 5.82 Å². The molecule has 0 amide bonds. The molecule has 5 heteroatoms. The van der Waals surface area contributed by atoms with Crippen molar-refractivity contribution in [3.63, 3.8) is 0 Å². The maximum Gasteiger partial charge on any atom is 0.171 e. The zero-order chi connectivity index (χ0) is 10.8. The summed E-state index contributed by atoms with van der Waals surface area (Å²) < 4.78 is 0. The molecular weight excluding hydrogens is 190 g/mol. The Hall–Kier alpha value is -1.23. The van der Waals surface area contributed by atoms with Gasteiger partial charge in [0.15, 0.2) is 11.6 Å². The number of nitrogens with zero attached hydrogens (tertiary/aromatic N) is 1. The number of rotatable bonds is 3. The lowest BCUT2D eigenvalue weighted by molar-refractivity contribution is 0.416. The van der Waals surface area contributed by atoms with Crippen LogP contribution >= 0.6 is 0 Å². The Morgan fingerprint density at radius 1 is 1.40 bits per heavy atom. The zero-order valence-corrected chi connectivity index (χ0v) is 9.52. The minimum Gasteiger partial charge on any atom is -0.350 e. The van der Waals surface area contributed by atoms with Gasteiger partial charge in [0.05, 0.1) is 6.17 Å². The lowest BCUT2D eigenvalue weighted by Gasteiger charge is -2.30. The first-order chi connectivity index (χ1) is 7.24. The Bertz CT molecular complexity index is 333. The molecule has 2 atom stereocenters. The Morgan fingerprint density at radius 3 is 2.87 bits per heavy atom. The standard InChI is InChI=1S/C10H19N5/c1-4-6(3)8-13-9-10(15-14-8)12-7(5-2)11-9/h6,8,13-15H,4-5H2,1-3H3,(H,11,12). The summed E-state index contributed by atoms with van der Waals surface area (Å²) in [6, 6.07) is 0. The number of anilines is 2. The summed E-state index contributed by atoms with van der Waals surface area (Å²) in [6.07, 6.45) is 2.30. The molecule has 5 nitrogen and oxygen atoms in total. The smallest absolute Gasteiger partial charge is 0.171 e. The number of hydrogen-bond donors (Lipinski definition) is 4. The van der Waals surface area contributed by atoms with Crippen molar-refractivity contribution in [1.82, 2.24) is 15.4 Å². The summed E-state index contributed by atoms with van der Waals surface area (Å²) in [5.74, 6) is 3.43. The maximum absolute atomic E-state index is 4.47. The second-order valence-electron chi connectivity index (χ2n) is 4.04. The van der Waals surface area contributed by atoms with Crippen molar-refractivity contribution in [1.29, 1.82) is 0 Å². The van der Waals surface area contributed by atoms with Gasteiger partial charge in [-0.3, -0.25) is 0 Å². The first-order valence-corrected chi connectivity index (χ1v) is 5.61. The van der Waals surface area contributed by atoms with Crippen LogP contribution in [0, 0.1) is 5.92 Å².